The summed E-state index contributed by atoms with van der Waals surface area (Å²) in [4.78, 5) is 19.5. The summed E-state index contributed by atoms with van der Waals surface area (Å²) < 4.78 is 5.56. The van der Waals surface area contributed by atoms with Gasteiger partial charge in [0.2, 0.25) is 0 Å². The number of hydrogen-bond donors (Lipinski definition) is 2. The lowest BCUT2D eigenvalue weighted by molar-refractivity contribution is 0.105. The zero-order valence-electron chi connectivity index (χ0n) is 10.1. The van der Waals surface area contributed by atoms with E-state index < -0.39 is 0 Å². The Morgan fingerprint density at radius 2 is 2.32 bits per heavy atom. The van der Waals surface area contributed by atoms with Gasteiger partial charge in [-0.05, 0) is 25.0 Å². The van der Waals surface area contributed by atoms with Gasteiger partial charge in [0.25, 0.3) is 5.56 Å². The third kappa shape index (κ3) is 1.64. The van der Waals surface area contributed by atoms with Crippen molar-refractivity contribution in [3.05, 3.63) is 34.5 Å². The van der Waals surface area contributed by atoms with Crippen molar-refractivity contribution >= 4 is 21.8 Å². The van der Waals surface area contributed by atoms with Crippen LogP contribution in [-0.2, 0) is 4.74 Å². The van der Waals surface area contributed by atoms with E-state index in [0.717, 1.165) is 30.4 Å². The molecule has 1 fully saturated rings. The molecular formula is C13H12N4O2. The monoisotopic (exact) mass is 256 g/mol. The average molecular weight is 256 g/mol. The second kappa shape index (κ2) is 3.89. The van der Waals surface area contributed by atoms with Crippen molar-refractivity contribution in [2.75, 3.05) is 6.61 Å². The molecule has 1 saturated heterocycles. The molecule has 2 aromatic heterocycles. The van der Waals surface area contributed by atoms with Crippen molar-refractivity contribution in [2.45, 2.75) is 18.9 Å². The van der Waals surface area contributed by atoms with E-state index in [2.05, 4.69) is 20.2 Å². The summed E-state index contributed by atoms with van der Waals surface area (Å²) in [5, 5.41) is 8.33. The minimum atomic E-state index is -0.132. The Morgan fingerprint density at radius 3 is 3.16 bits per heavy atom. The van der Waals surface area contributed by atoms with Crippen LogP contribution in [0.3, 0.4) is 0 Å². The van der Waals surface area contributed by atoms with E-state index in [1.807, 2.05) is 6.07 Å². The predicted octanol–water partition coefficient (Wildman–Crippen LogP) is 1.65. The van der Waals surface area contributed by atoms with Crippen molar-refractivity contribution in [1.29, 1.82) is 0 Å². The smallest absolute Gasteiger partial charge is 0.258 e. The molecule has 1 aliphatic heterocycles. The molecule has 0 bridgehead atoms. The van der Waals surface area contributed by atoms with Crippen molar-refractivity contribution in [3.63, 3.8) is 0 Å². The van der Waals surface area contributed by atoms with Crippen molar-refractivity contribution in [3.8, 4) is 0 Å². The van der Waals surface area contributed by atoms with E-state index in [-0.39, 0.29) is 11.7 Å². The lowest BCUT2D eigenvalue weighted by atomic mass is 10.1. The van der Waals surface area contributed by atoms with Crippen LogP contribution in [0.5, 0.6) is 0 Å². The van der Waals surface area contributed by atoms with Crippen LogP contribution in [-0.4, -0.2) is 26.8 Å². The van der Waals surface area contributed by atoms with E-state index in [4.69, 9.17) is 4.74 Å². The fourth-order valence-corrected chi connectivity index (χ4v) is 2.54. The number of benzene rings is 1. The number of nitrogens with one attached hydrogen (secondary N) is 2. The van der Waals surface area contributed by atoms with Crippen LogP contribution in [0, 0.1) is 0 Å². The fraction of sp³-hybridized carbons (Fsp3) is 0.308. The molecule has 4 rings (SSSR count). The summed E-state index contributed by atoms with van der Waals surface area (Å²) in [7, 11) is 0. The number of fused-ring (bicyclic) bond motifs is 2. The Morgan fingerprint density at radius 1 is 1.37 bits per heavy atom. The lowest BCUT2D eigenvalue weighted by Gasteiger charge is -2.09. The molecule has 1 unspecified atom stereocenters. The maximum absolute atomic E-state index is 12.1. The van der Waals surface area contributed by atoms with Crippen molar-refractivity contribution in [2.24, 2.45) is 0 Å². The Balaban J connectivity index is 1.98. The molecule has 96 valence electrons. The Labute approximate surface area is 107 Å². The Bertz CT molecular complexity index is 814. The molecule has 6 heteroatoms. The van der Waals surface area contributed by atoms with Crippen LogP contribution >= 0.6 is 0 Å². The highest BCUT2D eigenvalue weighted by Gasteiger charge is 2.21. The van der Waals surface area contributed by atoms with Crippen LogP contribution < -0.4 is 5.56 Å². The number of nitrogens with zero attached hydrogens (tertiary/aromatic N) is 2. The molecule has 0 spiro atoms. The normalized spacial score (nSPS) is 19.5. The van der Waals surface area contributed by atoms with Gasteiger partial charge in [-0.15, -0.1) is 0 Å². The predicted molar refractivity (Wildman–Crippen MR) is 69.9 cm³/mol. The fourth-order valence-electron chi connectivity index (χ4n) is 2.54. The highest BCUT2D eigenvalue weighted by atomic mass is 16.5. The first-order valence-corrected chi connectivity index (χ1v) is 6.30. The first kappa shape index (κ1) is 10.7. The first-order valence-electron chi connectivity index (χ1n) is 6.30. The summed E-state index contributed by atoms with van der Waals surface area (Å²) in [6.07, 6.45) is 3.55. The maximum Gasteiger partial charge on any atom is 0.258 e. The molecule has 0 amide bonds. The molecule has 0 saturated carbocycles. The second-order valence-electron chi connectivity index (χ2n) is 4.78. The molecule has 6 nitrogen and oxygen atoms in total. The topological polar surface area (TPSA) is 83.7 Å². The standard InChI is InChI=1S/C13H12N4O2/c18-13-8-5-9-7(6-14-17-9)4-10(8)15-12(16-13)11-2-1-3-19-11/h4-6,11H,1-3H2,(H,14,17)(H,15,16,18). The van der Waals surface area contributed by atoms with Crippen LogP contribution in [0.1, 0.15) is 24.8 Å². The van der Waals surface area contributed by atoms with Gasteiger partial charge in [0.05, 0.1) is 22.6 Å². The van der Waals surface area contributed by atoms with Crippen molar-refractivity contribution < 1.29 is 4.74 Å². The van der Waals surface area contributed by atoms with Crippen LogP contribution in [0.2, 0.25) is 0 Å². The molecule has 1 atom stereocenters. The summed E-state index contributed by atoms with van der Waals surface area (Å²) in [6.45, 7) is 0.729. The Hall–Kier alpha value is -2.21. The van der Waals surface area contributed by atoms with Gasteiger partial charge >= 0.3 is 0 Å². The zero-order valence-corrected chi connectivity index (χ0v) is 10.1. The number of ether oxygens (including phenoxy) is 1. The van der Waals surface area contributed by atoms with Gasteiger partial charge < -0.3 is 9.72 Å². The van der Waals surface area contributed by atoms with E-state index in [1.54, 1.807) is 12.3 Å². The maximum atomic E-state index is 12.1. The molecule has 1 aliphatic rings. The van der Waals surface area contributed by atoms with Crippen LogP contribution in [0.15, 0.2) is 23.1 Å². The van der Waals surface area contributed by atoms with Gasteiger partial charge in [-0.2, -0.15) is 5.10 Å². The highest BCUT2D eigenvalue weighted by Crippen LogP contribution is 2.26. The molecule has 3 aromatic rings. The van der Waals surface area contributed by atoms with Gasteiger partial charge in [0, 0.05) is 12.0 Å². The number of rotatable bonds is 1. The first-order chi connectivity index (χ1) is 9.31. The van der Waals surface area contributed by atoms with E-state index in [9.17, 15) is 4.79 Å². The zero-order chi connectivity index (χ0) is 12.8. The van der Waals surface area contributed by atoms with Gasteiger partial charge in [0.15, 0.2) is 0 Å². The summed E-state index contributed by atoms with van der Waals surface area (Å²) in [5.41, 5.74) is 1.39. The van der Waals surface area contributed by atoms with Gasteiger partial charge in [0.1, 0.15) is 11.9 Å². The Kier molecular flexibility index (Phi) is 2.19. The average Bonchev–Trinajstić information content (AvgIpc) is 3.07. The van der Waals surface area contributed by atoms with Gasteiger partial charge in [-0.1, -0.05) is 0 Å². The van der Waals surface area contributed by atoms with Crippen LogP contribution in [0.25, 0.3) is 21.8 Å². The lowest BCUT2D eigenvalue weighted by Crippen LogP contribution is -2.14. The summed E-state index contributed by atoms with van der Waals surface area (Å²) in [5.74, 6) is 0.623. The number of hydrogen-bond acceptors (Lipinski definition) is 4. The van der Waals surface area contributed by atoms with E-state index in [1.165, 1.54) is 0 Å². The molecule has 0 radical (unpaired) electrons. The third-order valence-corrected chi connectivity index (χ3v) is 3.52. The second-order valence-corrected chi connectivity index (χ2v) is 4.78. The third-order valence-electron chi connectivity index (χ3n) is 3.52. The molecule has 0 aliphatic carbocycles. The van der Waals surface area contributed by atoms with E-state index >= 15 is 0 Å². The molecule has 3 heterocycles. The number of aromatic nitrogens is 4. The van der Waals surface area contributed by atoms with Gasteiger partial charge in [-0.25, -0.2) is 4.98 Å². The molecule has 2 N–H and O–H groups in total. The molecular weight excluding hydrogens is 244 g/mol. The number of H-pyrrole nitrogens is 2. The minimum Gasteiger partial charge on any atom is -0.370 e. The highest BCUT2D eigenvalue weighted by molar-refractivity contribution is 5.93. The molecule has 1 aromatic carbocycles. The summed E-state index contributed by atoms with van der Waals surface area (Å²) >= 11 is 0. The SMILES string of the molecule is O=c1[nH]c(C2CCCO2)nc2cc3cn[nH]c3cc12. The molecule has 19 heavy (non-hydrogen) atoms. The van der Waals surface area contributed by atoms with Crippen LogP contribution in [0.4, 0.5) is 0 Å². The quantitative estimate of drug-likeness (QED) is 0.693. The summed E-state index contributed by atoms with van der Waals surface area (Å²) in [6, 6.07) is 3.66. The minimum absolute atomic E-state index is 0.0860. The van der Waals surface area contributed by atoms with E-state index in [0.29, 0.717) is 16.7 Å². The van der Waals surface area contributed by atoms with Crippen molar-refractivity contribution in [1.82, 2.24) is 20.2 Å². The van der Waals surface area contributed by atoms with Gasteiger partial charge in [-0.3, -0.25) is 9.89 Å². The largest absolute Gasteiger partial charge is 0.370 e. The number of aromatic amines is 2.